The van der Waals surface area contributed by atoms with Crippen molar-refractivity contribution in [1.29, 1.82) is 0 Å². The first-order valence-corrected chi connectivity index (χ1v) is 9.80. The molecular formula is C23H32N2O. The molecule has 0 aromatic heterocycles. The molecule has 26 heavy (non-hydrogen) atoms. The SMILES string of the molecule is CCCC[C@H](N)CNC(=O)C(CCc1ccccc1)Cc1ccccc1. The second-order valence-electron chi connectivity index (χ2n) is 7.06. The Hall–Kier alpha value is -2.13. The highest BCUT2D eigenvalue weighted by Crippen LogP contribution is 2.16. The van der Waals surface area contributed by atoms with Crippen molar-refractivity contribution in [2.45, 2.75) is 51.5 Å². The van der Waals surface area contributed by atoms with E-state index < -0.39 is 0 Å². The largest absolute Gasteiger partial charge is 0.354 e. The van der Waals surface area contributed by atoms with Crippen molar-refractivity contribution in [2.24, 2.45) is 11.7 Å². The van der Waals surface area contributed by atoms with E-state index in [4.69, 9.17) is 5.73 Å². The van der Waals surface area contributed by atoms with Gasteiger partial charge in [0.2, 0.25) is 5.91 Å². The molecule has 0 aliphatic rings. The molecule has 1 amide bonds. The third kappa shape index (κ3) is 7.40. The predicted molar refractivity (Wildman–Crippen MR) is 109 cm³/mol. The van der Waals surface area contributed by atoms with Crippen molar-refractivity contribution in [3.8, 4) is 0 Å². The first-order chi connectivity index (χ1) is 12.7. The number of nitrogens with two attached hydrogens (primary N) is 1. The minimum absolute atomic E-state index is 0.0315. The number of aryl methyl sites for hydroxylation is 1. The maximum atomic E-state index is 12.8. The van der Waals surface area contributed by atoms with Crippen molar-refractivity contribution >= 4 is 5.91 Å². The van der Waals surface area contributed by atoms with Crippen LogP contribution in [0.5, 0.6) is 0 Å². The summed E-state index contributed by atoms with van der Waals surface area (Å²) in [5, 5.41) is 3.08. The van der Waals surface area contributed by atoms with Gasteiger partial charge in [0.1, 0.15) is 0 Å². The number of nitrogens with one attached hydrogen (secondary N) is 1. The zero-order valence-electron chi connectivity index (χ0n) is 15.9. The minimum Gasteiger partial charge on any atom is -0.354 e. The fourth-order valence-electron chi connectivity index (χ4n) is 3.15. The van der Waals surface area contributed by atoms with E-state index in [1.165, 1.54) is 11.1 Å². The Kier molecular flexibility index (Phi) is 8.91. The lowest BCUT2D eigenvalue weighted by molar-refractivity contribution is -0.125. The summed E-state index contributed by atoms with van der Waals surface area (Å²) < 4.78 is 0. The Morgan fingerprint density at radius 2 is 1.58 bits per heavy atom. The number of unbranched alkanes of at least 4 members (excludes halogenated alkanes) is 1. The summed E-state index contributed by atoms with van der Waals surface area (Å²) in [6.45, 7) is 2.72. The Morgan fingerprint density at radius 3 is 2.19 bits per heavy atom. The van der Waals surface area contributed by atoms with Crippen LogP contribution in [0.4, 0.5) is 0 Å². The zero-order valence-corrected chi connectivity index (χ0v) is 15.9. The van der Waals surface area contributed by atoms with E-state index in [-0.39, 0.29) is 17.9 Å². The smallest absolute Gasteiger partial charge is 0.223 e. The summed E-state index contributed by atoms with van der Waals surface area (Å²) in [5.41, 5.74) is 8.59. The van der Waals surface area contributed by atoms with Crippen LogP contribution in [-0.4, -0.2) is 18.5 Å². The van der Waals surface area contributed by atoms with E-state index in [0.29, 0.717) is 6.54 Å². The molecule has 0 aliphatic carbocycles. The van der Waals surface area contributed by atoms with Crippen molar-refractivity contribution < 1.29 is 4.79 Å². The Labute approximate surface area is 158 Å². The van der Waals surface area contributed by atoms with Gasteiger partial charge in [0.25, 0.3) is 0 Å². The molecule has 2 aromatic rings. The van der Waals surface area contributed by atoms with E-state index in [1.807, 2.05) is 36.4 Å². The van der Waals surface area contributed by atoms with E-state index in [2.05, 4.69) is 36.5 Å². The molecule has 2 rings (SSSR count). The van der Waals surface area contributed by atoms with Gasteiger partial charge in [-0.05, 0) is 36.8 Å². The van der Waals surface area contributed by atoms with Gasteiger partial charge >= 0.3 is 0 Å². The van der Waals surface area contributed by atoms with Crippen LogP contribution in [0.25, 0.3) is 0 Å². The molecule has 0 heterocycles. The van der Waals surface area contributed by atoms with Crippen molar-refractivity contribution in [3.05, 3.63) is 71.8 Å². The highest BCUT2D eigenvalue weighted by Gasteiger charge is 2.19. The lowest BCUT2D eigenvalue weighted by Gasteiger charge is -2.19. The van der Waals surface area contributed by atoms with Crippen LogP contribution in [0.1, 0.15) is 43.7 Å². The number of benzene rings is 2. The predicted octanol–water partition coefficient (Wildman–Crippen LogP) is 4.11. The van der Waals surface area contributed by atoms with Crippen LogP contribution in [0.15, 0.2) is 60.7 Å². The highest BCUT2D eigenvalue weighted by atomic mass is 16.1. The van der Waals surface area contributed by atoms with Gasteiger partial charge in [0, 0.05) is 18.5 Å². The van der Waals surface area contributed by atoms with Gasteiger partial charge in [0.05, 0.1) is 0 Å². The third-order valence-electron chi connectivity index (χ3n) is 4.79. The van der Waals surface area contributed by atoms with Gasteiger partial charge in [-0.2, -0.15) is 0 Å². The third-order valence-corrected chi connectivity index (χ3v) is 4.79. The van der Waals surface area contributed by atoms with Crippen LogP contribution >= 0.6 is 0 Å². The minimum atomic E-state index is -0.0315. The van der Waals surface area contributed by atoms with Crippen LogP contribution in [-0.2, 0) is 17.6 Å². The van der Waals surface area contributed by atoms with E-state index >= 15 is 0 Å². The fraction of sp³-hybridized carbons (Fsp3) is 0.435. The summed E-state index contributed by atoms with van der Waals surface area (Å²) >= 11 is 0. The number of carbonyl (C=O) groups excluding carboxylic acids is 1. The molecule has 0 spiro atoms. The van der Waals surface area contributed by atoms with Gasteiger partial charge in [0.15, 0.2) is 0 Å². The van der Waals surface area contributed by atoms with Crippen LogP contribution in [0, 0.1) is 5.92 Å². The number of amides is 1. The monoisotopic (exact) mass is 352 g/mol. The molecule has 3 N–H and O–H groups in total. The molecule has 0 saturated carbocycles. The maximum Gasteiger partial charge on any atom is 0.223 e. The molecular weight excluding hydrogens is 320 g/mol. The number of hydrogen-bond acceptors (Lipinski definition) is 2. The van der Waals surface area contributed by atoms with E-state index in [0.717, 1.165) is 38.5 Å². The summed E-state index contributed by atoms with van der Waals surface area (Å²) in [5.74, 6) is 0.0905. The molecule has 0 bridgehead atoms. The van der Waals surface area contributed by atoms with Gasteiger partial charge in [-0.3, -0.25) is 4.79 Å². The average Bonchev–Trinajstić information content (AvgIpc) is 2.69. The number of hydrogen-bond donors (Lipinski definition) is 2. The zero-order chi connectivity index (χ0) is 18.6. The summed E-state index contributed by atoms with van der Waals surface area (Å²) in [6.07, 6.45) is 5.73. The molecule has 0 saturated heterocycles. The number of rotatable bonds is 11. The van der Waals surface area contributed by atoms with Crippen molar-refractivity contribution in [2.75, 3.05) is 6.54 Å². The molecule has 2 atom stereocenters. The molecule has 140 valence electrons. The van der Waals surface area contributed by atoms with Gasteiger partial charge in [-0.15, -0.1) is 0 Å². The van der Waals surface area contributed by atoms with Crippen LogP contribution in [0.2, 0.25) is 0 Å². The highest BCUT2D eigenvalue weighted by molar-refractivity contribution is 5.79. The fourth-order valence-corrected chi connectivity index (χ4v) is 3.15. The molecule has 3 heteroatoms. The van der Waals surface area contributed by atoms with Crippen LogP contribution < -0.4 is 11.1 Å². The van der Waals surface area contributed by atoms with Gasteiger partial charge in [-0.1, -0.05) is 80.4 Å². The van der Waals surface area contributed by atoms with E-state index in [1.54, 1.807) is 0 Å². The Balaban J connectivity index is 1.93. The van der Waals surface area contributed by atoms with Crippen molar-refractivity contribution in [1.82, 2.24) is 5.32 Å². The first-order valence-electron chi connectivity index (χ1n) is 9.80. The summed E-state index contributed by atoms with van der Waals surface area (Å²) in [6, 6.07) is 20.7. The van der Waals surface area contributed by atoms with E-state index in [9.17, 15) is 4.79 Å². The second-order valence-corrected chi connectivity index (χ2v) is 7.06. The lowest BCUT2D eigenvalue weighted by atomic mass is 9.92. The summed E-state index contributed by atoms with van der Waals surface area (Å²) in [7, 11) is 0. The quantitative estimate of drug-likeness (QED) is 0.639. The second kappa shape index (κ2) is 11.5. The molecule has 1 unspecified atom stereocenters. The van der Waals surface area contributed by atoms with Gasteiger partial charge in [-0.25, -0.2) is 0 Å². The average molecular weight is 353 g/mol. The first kappa shape index (κ1) is 20.2. The topological polar surface area (TPSA) is 55.1 Å². The van der Waals surface area contributed by atoms with Crippen LogP contribution in [0.3, 0.4) is 0 Å². The Bertz CT molecular complexity index is 627. The maximum absolute atomic E-state index is 12.8. The normalized spacial score (nSPS) is 13.2. The molecule has 2 aromatic carbocycles. The molecule has 0 aliphatic heterocycles. The Morgan fingerprint density at radius 1 is 0.962 bits per heavy atom. The lowest BCUT2D eigenvalue weighted by Crippen LogP contribution is -2.40. The molecule has 0 fully saturated rings. The summed E-state index contributed by atoms with van der Waals surface area (Å²) in [4.78, 5) is 12.8. The molecule has 3 nitrogen and oxygen atoms in total. The van der Waals surface area contributed by atoms with Crippen molar-refractivity contribution in [3.63, 3.8) is 0 Å². The standard InChI is InChI=1S/C23H32N2O/c1-2-3-14-22(24)18-25-23(26)21(17-20-12-8-5-9-13-20)16-15-19-10-6-4-7-11-19/h4-13,21-22H,2-3,14-18,24H2,1H3,(H,25,26)/t21?,22-/m0/s1. The molecule has 0 radical (unpaired) electrons. The number of carbonyl (C=O) groups is 1. The van der Waals surface area contributed by atoms with Gasteiger partial charge < -0.3 is 11.1 Å².